The van der Waals surface area contributed by atoms with Gasteiger partial charge in [0.15, 0.2) is 5.65 Å². The van der Waals surface area contributed by atoms with Gasteiger partial charge in [-0.15, -0.1) is 13.1 Å². The first-order chi connectivity index (χ1) is 11.7. The smallest absolute Gasteiger partial charge is 0.281 e. The van der Waals surface area contributed by atoms with Crippen LogP contribution in [0.5, 0.6) is 0 Å². The van der Waals surface area contributed by atoms with E-state index in [9.17, 15) is 8.78 Å². The number of hydrogen-bond acceptors (Lipinski definition) is 4. The molecule has 2 N–H and O–H groups in total. The maximum atomic E-state index is 12.9. The van der Waals surface area contributed by atoms with E-state index in [0.29, 0.717) is 17.0 Å². The van der Waals surface area contributed by atoms with E-state index in [4.69, 9.17) is 0 Å². The minimum absolute atomic E-state index is 0. The van der Waals surface area contributed by atoms with Gasteiger partial charge in [-0.3, -0.25) is 4.40 Å². The third-order valence-electron chi connectivity index (χ3n) is 4.02. The van der Waals surface area contributed by atoms with Crippen molar-refractivity contribution in [3.05, 3.63) is 54.0 Å². The van der Waals surface area contributed by atoms with Gasteiger partial charge in [0, 0.05) is 52.0 Å². The van der Waals surface area contributed by atoms with Gasteiger partial charge in [0.25, 0.3) is 6.43 Å². The molecule has 3 aromatic rings. The summed E-state index contributed by atoms with van der Waals surface area (Å²) >= 11 is 0. The predicted molar refractivity (Wildman–Crippen MR) is 91.8 cm³/mol. The average Bonchev–Trinajstić information content (AvgIpc) is 3.05. The molecular weight excluding hydrogens is 417 g/mol. The molecule has 1 saturated heterocycles. The summed E-state index contributed by atoms with van der Waals surface area (Å²) < 4.78 is 27.4. The van der Waals surface area contributed by atoms with Gasteiger partial charge in [-0.25, -0.2) is 23.7 Å². The molecule has 0 bridgehead atoms. The molecule has 1 fully saturated rings. The van der Waals surface area contributed by atoms with E-state index >= 15 is 0 Å². The van der Waals surface area contributed by atoms with Crippen molar-refractivity contribution in [3.63, 3.8) is 0 Å². The van der Waals surface area contributed by atoms with Crippen LogP contribution in [0.15, 0.2) is 36.8 Å². The fourth-order valence-electron chi connectivity index (χ4n) is 2.78. The molecule has 1 aliphatic heterocycles. The Kier molecular flexibility index (Phi) is 7.11. The van der Waals surface area contributed by atoms with Gasteiger partial charge in [0.2, 0.25) is 0 Å². The molecule has 0 aliphatic carbocycles. The van der Waals surface area contributed by atoms with Crippen molar-refractivity contribution in [1.29, 1.82) is 0 Å². The second kappa shape index (κ2) is 8.90. The number of fused-ring (bicyclic) bond motifs is 1. The van der Waals surface area contributed by atoms with Crippen molar-refractivity contribution in [2.75, 3.05) is 31.1 Å². The van der Waals surface area contributed by atoms with E-state index in [1.807, 2.05) is 18.2 Å². The van der Waals surface area contributed by atoms with E-state index in [-0.39, 0.29) is 44.6 Å². The van der Waals surface area contributed by atoms with Crippen LogP contribution >= 0.6 is 0 Å². The second-order valence-electron chi connectivity index (χ2n) is 5.52. The zero-order valence-electron chi connectivity index (χ0n) is 14.0. The van der Waals surface area contributed by atoms with Crippen LogP contribution in [-0.2, 0) is 32.7 Å². The molecule has 3 aromatic heterocycles. The van der Waals surface area contributed by atoms with Gasteiger partial charge in [0.1, 0.15) is 11.5 Å². The standard InChI is InChI=1S/C16H15F2N6.H2N.Y/c17-16(18)12-10-24-13(8-21-15(24)9-20-12)11-2-1-3-14(22-11)23-6-4-19-5-7-23;;/h1-3,8-10,16H,4-7H2;1H2;/q2*-1;. The molecule has 4 rings (SSSR count). The molecule has 0 aromatic carbocycles. The van der Waals surface area contributed by atoms with Gasteiger partial charge in [-0.05, 0) is 12.1 Å². The summed E-state index contributed by atoms with van der Waals surface area (Å²) in [7, 11) is 0. The van der Waals surface area contributed by atoms with Crippen molar-refractivity contribution in [3.8, 4) is 11.4 Å². The molecule has 1 radical (unpaired) electrons. The number of pyridine rings is 1. The SMILES string of the molecule is FC(F)c1cn2c(-c3cccc(N4CC[N-]CC4)n3)cnc2cn1.[NH2-].[Y]. The van der Waals surface area contributed by atoms with Crippen molar-refractivity contribution in [1.82, 2.24) is 19.4 Å². The molecule has 1 aliphatic rings. The van der Waals surface area contributed by atoms with Crippen LogP contribution in [0.1, 0.15) is 12.1 Å². The maximum absolute atomic E-state index is 12.9. The Labute approximate surface area is 174 Å². The molecule has 135 valence electrons. The largest absolute Gasteiger partial charge is 0.693 e. The third-order valence-corrected chi connectivity index (χ3v) is 4.02. The first-order valence-corrected chi connectivity index (χ1v) is 7.69. The first kappa shape index (κ1) is 20.8. The Balaban J connectivity index is 0.00000121. The molecule has 0 atom stereocenters. The summed E-state index contributed by atoms with van der Waals surface area (Å²) in [4.78, 5) is 14.8. The molecule has 0 spiro atoms. The molecule has 7 nitrogen and oxygen atoms in total. The Morgan fingerprint density at radius 1 is 1.08 bits per heavy atom. The van der Waals surface area contributed by atoms with Crippen molar-refractivity contribution in [2.45, 2.75) is 6.43 Å². The molecule has 0 unspecified atom stereocenters. The monoisotopic (exact) mass is 434 g/mol. The van der Waals surface area contributed by atoms with Gasteiger partial charge in [-0.1, -0.05) is 6.07 Å². The Hall–Kier alpha value is -1.55. The first-order valence-electron chi connectivity index (χ1n) is 7.69. The van der Waals surface area contributed by atoms with E-state index in [1.165, 1.54) is 12.4 Å². The number of aromatic nitrogens is 4. The topological polar surface area (TPSA) is 93.9 Å². The summed E-state index contributed by atoms with van der Waals surface area (Å²) in [5, 5.41) is 4.33. The number of anilines is 1. The quantitative estimate of drug-likeness (QED) is 0.629. The minimum Gasteiger partial charge on any atom is -0.693 e. The number of halogens is 2. The molecule has 26 heavy (non-hydrogen) atoms. The fraction of sp³-hybridized carbons (Fsp3) is 0.312. The molecule has 0 amide bonds. The maximum Gasteiger partial charge on any atom is 0.281 e. The van der Waals surface area contributed by atoms with Gasteiger partial charge < -0.3 is 16.4 Å². The number of piperazine rings is 1. The summed E-state index contributed by atoms with van der Waals surface area (Å²) in [6.07, 6.45) is 1.67. The van der Waals surface area contributed by atoms with Crippen molar-refractivity contribution < 1.29 is 41.5 Å². The van der Waals surface area contributed by atoms with Crippen LogP contribution in [0.3, 0.4) is 0 Å². The van der Waals surface area contributed by atoms with Crippen LogP contribution < -0.4 is 4.90 Å². The third kappa shape index (κ3) is 4.06. The Morgan fingerprint density at radius 3 is 2.58 bits per heavy atom. The Bertz CT molecular complexity index is 865. The van der Waals surface area contributed by atoms with Crippen molar-refractivity contribution in [2.24, 2.45) is 0 Å². The zero-order valence-corrected chi connectivity index (χ0v) is 16.8. The number of alkyl halides is 2. The minimum atomic E-state index is -2.62. The zero-order chi connectivity index (χ0) is 16.5. The molecule has 10 heteroatoms. The van der Waals surface area contributed by atoms with E-state index < -0.39 is 6.43 Å². The van der Waals surface area contributed by atoms with Gasteiger partial charge in [-0.2, -0.15) is 0 Å². The molecular formula is C16H17F2N7Y-2. The van der Waals surface area contributed by atoms with Crippen LogP contribution in [0, 0.1) is 0 Å². The van der Waals surface area contributed by atoms with Gasteiger partial charge in [0.05, 0.1) is 23.8 Å². The summed E-state index contributed by atoms with van der Waals surface area (Å²) in [5.41, 5.74) is 1.58. The number of rotatable bonds is 3. The number of nitrogens with zero attached hydrogens (tertiary/aromatic N) is 6. The number of nitrogens with two attached hydrogens (primary N) is 1. The van der Waals surface area contributed by atoms with Crippen LogP contribution in [-0.4, -0.2) is 45.5 Å². The van der Waals surface area contributed by atoms with Crippen LogP contribution in [0.4, 0.5) is 14.6 Å². The number of imidazole rings is 1. The summed E-state index contributed by atoms with van der Waals surface area (Å²) in [6, 6.07) is 5.71. The summed E-state index contributed by atoms with van der Waals surface area (Å²) in [5.74, 6) is 0.862. The van der Waals surface area contributed by atoms with Crippen molar-refractivity contribution >= 4 is 11.5 Å². The normalized spacial score (nSPS) is 14.2. The number of hydrogen-bond donors (Lipinski definition) is 0. The molecule has 4 heterocycles. The fourth-order valence-corrected chi connectivity index (χ4v) is 2.78. The van der Waals surface area contributed by atoms with E-state index in [2.05, 4.69) is 25.2 Å². The van der Waals surface area contributed by atoms with Gasteiger partial charge >= 0.3 is 0 Å². The van der Waals surface area contributed by atoms with E-state index in [1.54, 1.807) is 10.6 Å². The summed E-state index contributed by atoms with van der Waals surface area (Å²) in [6.45, 7) is 3.27. The average molecular weight is 434 g/mol. The second-order valence-corrected chi connectivity index (χ2v) is 5.52. The van der Waals surface area contributed by atoms with E-state index in [0.717, 1.165) is 32.0 Å². The predicted octanol–water partition coefficient (Wildman–Crippen LogP) is 3.64. The van der Waals surface area contributed by atoms with Crippen LogP contribution in [0.2, 0.25) is 0 Å². The van der Waals surface area contributed by atoms with Crippen LogP contribution in [0.25, 0.3) is 28.5 Å². The molecule has 0 saturated carbocycles. The Morgan fingerprint density at radius 2 is 1.85 bits per heavy atom.